The van der Waals surface area contributed by atoms with Crippen molar-refractivity contribution in [3.8, 4) is 5.88 Å². The lowest BCUT2D eigenvalue weighted by Crippen LogP contribution is -2.34. The van der Waals surface area contributed by atoms with Crippen LogP contribution < -0.4 is 16.0 Å². The van der Waals surface area contributed by atoms with Crippen molar-refractivity contribution in [3.05, 3.63) is 11.9 Å². The third-order valence-corrected chi connectivity index (χ3v) is 4.02. The normalized spacial score (nSPS) is 25.2. The molecule has 1 aromatic heterocycles. The highest BCUT2D eigenvalue weighted by atomic mass is 16.5. The Kier molecular flexibility index (Phi) is 4.48. The van der Waals surface area contributed by atoms with Crippen molar-refractivity contribution in [2.24, 2.45) is 17.2 Å². The van der Waals surface area contributed by atoms with Crippen LogP contribution in [0.15, 0.2) is 6.33 Å². The number of ether oxygens (including phenoxy) is 1. The van der Waals surface area contributed by atoms with Crippen LogP contribution in [0.3, 0.4) is 0 Å². The average Bonchev–Trinajstić information content (AvgIpc) is 2.35. The van der Waals surface area contributed by atoms with Gasteiger partial charge in [-0.25, -0.2) is 15.8 Å². The first-order valence-corrected chi connectivity index (χ1v) is 7.42. The molecule has 3 N–H and O–H groups in total. The number of hydrogen-bond donors (Lipinski definition) is 2. The van der Waals surface area contributed by atoms with E-state index < -0.39 is 0 Å². The van der Waals surface area contributed by atoms with Crippen molar-refractivity contribution in [1.29, 1.82) is 0 Å². The van der Waals surface area contributed by atoms with Crippen molar-refractivity contribution < 1.29 is 4.74 Å². The molecule has 1 saturated carbocycles. The molecular formula is C15H26N4O. The number of nitrogens with two attached hydrogens (primary N) is 1. The summed E-state index contributed by atoms with van der Waals surface area (Å²) in [5.74, 6) is 7.51. The molecule has 0 spiro atoms. The minimum Gasteiger partial charge on any atom is -0.474 e. The maximum absolute atomic E-state index is 6.18. The quantitative estimate of drug-likeness (QED) is 0.654. The van der Waals surface area contributed by atoms with E-state index in [-0.39, 0.29) is 6.10 Å². The Bertz CT molecular complexity index is 461. The summed E-state index contributed by atoms with van der Waals surface area (Å²) >= 11 is 0. The number of nitrogens with one attached hydrogen (secondary N) is 1. The molecule has 5 nitrogen and oxygen atoms in total. The highest BCUT2D eigenvalue weighted by Crippen LogP contribution is 2.40. The van der Waals surface area contributed by atoms with Crippen LogP contribution in [0.2, 0.25) is 0 Å². The first-order valence-electron chi connectivity index (χ1n) is 7.42. The van der Waals surface area contributed by atoms with E-state index in [2.05, 4.69) is 43.1 Å². The number of anilines is 1. The Labute approximate surface area is 121 Å². The van der Waals surface area contributed by atoms with Crippen LogP contribution in [-0.2, 0) is 6.42 Å². The fourth-order valence-corrected chi connectivity index (χ4v) is 3.45. The maximum atomic E-state index is 6.18. The predicted molar refractivity (Wildman–Crippen MR) is 80.4 cm³/mol. The lowest BCUT2D eigenvalue weighted by molar-refractivity contribution is 0.0525. The molecular weight excluding hydrogens is 252 g/mol. The van der Waals surface area contributed by atoms with E-state index in [0.717, 1.165) is 24.8 Å². The third kappa shape index (κ3) is 3.39. The molecule has 1 aliphatic carbocycles. The second-order valence-electron chi connectivity index (χ2n) is 6.66. The average molecular weight is 278 g/mol. The van der Waals surface area contributed by atoms with E-state index in [4.69, 9.17) is 10.6 Å². The van der Waals surface area contributed by atoms with Gasteiger partial charge in [0.2, 0.25) is 5.88 Å². The van der Waals surface area contributed by atoms with Gasteiger partial charge in [0, 0.05) is 0 Å². The Morgan fingerprint density at radius 1 is 1.40 bits per heavy atom. The zero-order valence-corrected chi connectivity index (χ0v) is 12.9. The monoisotopic (exact) mass is 278 g/mol. The summed E-state index contributed by atoms with van der Waals surface area (Å²) in [5, 5.41) is 0. The van der Waals surface area contributed by atoms with Crippen LogP contribution in [0.1, 0.15) is 52.5 Å². The van der Waals surface area contributed by atoms with Crippen LogP contribution in [0.4, 0.5) is 5.82 Å². The molecule has 1 heterocycles. The van der Waals surface area contributed by atoms with Crippen LogP contribution in [0.25, 0.3) is 0 Å². The van der Waals surface area contributed by atoms with Crippen LogP contribution in [0.5, 0.6) is 5.88 Å². The fraction of sp³-hybridized carbons (Fsp3) is 0.733. The number of nitrogen functional groups attached to an aromatic ring is 1. The molecule has 1 aliphatic rings. The van der Waals surface area contributed by atoms with E-state index in [9.17, 15) is 0 Å². The minimum absolute atomic E-state index is 0.222. The van der Waals surface area contributed by atoms with Gasteiger partial charge in [0.05, 0.1) is 5.56 Å². The number of hydrazine groups is 1. The van der Waals surface area contributed by atoms with E-state index in [1.807, 2.05) is 0 Å². The molecule has 1 fully saturated rings. The number of nitrogens with zero attached hydrogens (tertiary/aromatic N) is 2. The van der Waals surface area contributed by atoms with Gasteiger partial charge >= 0.3 is 0 Å². The molecule has 0 radical (unpaired) electrons. The van der Waals surface area contributed by atoms with E-state index in [1.54, 1.807) is 0 Å². The summed E-state index contributed by atoms with van der Waals surface area (Å²) in [6.07, 6.45) is 5.92. The Morgan fingerprint density at radius 2 is 2.15 bits per heavy atom. The Balaban J connectivity index is 2.17. The maximum Gasteiger partial charge on any atom is 0.222 e. The molecule has 2 atom stereocenters. The SMILES string of the molecule is CCc1c(NN)ncnc1OC1CC(C)CC(C)(C)C1. The van der Waals surface area contributed by atoms with E-state index in [0.29, 0.717) is 23.0 Å². The molecule has 20 heavy (non-hydrogen) atoms. The Morgan fingerprint density at radius 3 is 2.75 bits per heavy atom. The zero-order chi connectivity index (χ0) is 14.8. The highest BCUT2D eigenvalue weighted by Gasteiger charge is 2.33. The van der Waals surface area contributed by atoms with Crippen molar-refractivity contribution in [2.45, 2.75) is 59.5 Å². The van der Waals surface area contributed by atoms with E-state index >= 15 is 0 Å². The van der Waals surface area contributed by atoms with Crippen molar-refractivity contribution >= 4 is 5.82 Å². The topological polar surface area (TPSA) is 73.1 Å². The molecule has 5 heteroatoms. The second kappa shape index (κ2) is 5.95. The zero-order valence-electron chi connectivity index (χ0n) is 12.9. The van der Waals surface area contributed by atoms with Gasteiger partial charge in [-0.3, -0.25) is 0 Å². The molecule has 0 saturated heterocycles. The van der Waals surface area contributed by atoms with Crippen LogP contribution in [0, 0.1) is 11.3 Å². The lowest BCUT2D eigenvalue weighted by atomic mass is 9.71. The van der Waals surface area contributed by atoms with Crippen LogP contribution >= 0.6 is 0 Å². The smallest absolute Gasteiger partial charge is 0.222 e. The summed E-state index contributed by atoms with van der Waals surface area (Å²) in [6.45, 7) is 8.98. The molecule has 0 aliphatic heterocycles. The highest BCUT2D eigenvalue weighted by molar-refractivity contribution is 5.47. The largest absolute Gasteiger partial charge is 0.474 e. The van der Waals surface area contributed by atoms with Gasteiger partial charge in [-0.15, -0.1) is 0 Å². The van der Waals surface area contributed by atoms with Gasteiger partial charge in [0.1, 0.15) is 18.2 Å². The number of hydrogen-bond acceptors (Lipinski definition) is 5. The van der Waals surface area contributed by atoms with Gasteiger partial charge in [-0.2, -0.15) is 0 Å². The number of rotatable bonds is 4. The molecule has 112 valence electrons. The molecule has 0 bridgehead atoms. The summed E-state index contributed by atoms with van der Waals surface area (Å²) in [6, 6.07) is 0. The first kappa shape index (κ1) is 15.0. The predicted octanol–water partition coefficient (Wildman–Crippen LogP) is 2.92. The first-order chi connectivity index (χ1) is 9.45. The molecule has 0 aromatic carbocycles. The lowest BCUT2D eigenvalue weighted by Gasteiger charge is -2.38. The van der Waals surface area contributed by atoms with E-state index in [1.165, 1.54) is 12.7 Å². The van der Waals surface area contributed by atoms with Gasteiger partial charge in [0.25, 0.3) is 0 Å². The molecule has 2 rings (SSSR count). The third-order valence-electron chi connectivity index (χ3n) is 4.02. The summed E-state index contributed by atoms with van der Waals surface area (Å²) < 4.78 is 6.18. The Hall–Kier alpha value is -1.36. The van der Waals surface area contributed by atoms with Gasteiger partial charge in [-0.05, 0) is 37.0 Å². The van der Waals surface area contributed by atoms with Gasteiger partial charge in [-0.1, -0.05) is 27.7 Å². The van der Waals surface area contributed by atoms with Crippen molar-refractivity contribution in [3.63, 3.8) is 0 Å². The van der Waals surface area contributed by atoms with Crippen molar-refractivity contribution in [2.75, 3.05) is 5.43 Å². The molecule has 0 amide bonds. The van der Waals surface area contributed by atoms with Crippen LogP contribution in [-0.4, -0.2) is 16.1 Å². The standard InChI is InChI=1S/C15H26N4O/c1-5-12-13(19-16)17-9-18-14(12)20-11-6-10(2)7-15(3,4)8-11/h9-11H,5-8,16H2,1-4H3,(H,17,18,19). The minimum atomic E-state index is 0.222. The second-order valence-corrected chi connectivity index (χ2v) is 6.66. The van der Waals surface area contributed by atoms with Gasteiger partial charge < -0.3 is 10.2 Å². The number of aromatic nitrogens is 2. The molecule has 1 aromatic rings. The van der Waals surface area contributed by atoms with Gasteiger partial charge in [0.15, 0.2) is 0 Å². The molecule has 2 unspecified atom stereocenters. The van der Waals surface area contributed by atoms with Crippen molar-refractivity contribution in [1.82, 2.24) is 9.97 Å². The summed E-state index contributed by atoms with van der Waals surface area (Å²) in [7, 11) is 0. The summed E-state index contributed by atoms with van der Waals surface area (Å²) in [4.78, 5) is 8.43. The summed E-state index contributed by atoms with van der Waals surface area (Å²) in [5.41, 5.74) is 3.90. The fourth-order valence-electron chi connectivity index (χ4n) is 3.45.